The lowest BCUT2D eigenvalue weighted by Crippen LogP contribution is -1.61. The number of oxime groups is 1. The van der Waals surface area contributed by atoms with Crippen molar-refractivity contribution in [2.75, 3.05) is 0 Å². The van der Waals surface area contributed by atoms with Gasteiger partial charge < -0.3 is 4.84 Å². The molecule has 1 aliphatic heterocycles. The minimum Gasteiger partial charge on any atom is -0.365 e. The second-order valence-electron chi connectivity index (χ2n) is 1.07. The summed E-state index contributed by atoms with van der Waals surface area (Å²) in [5, 5.41) is 3.47. The van der Waals surface area contributed by atoms with Crippen LogP contribution in [-0.4, -0.2) is 14.6 Å². The van der Waals surface area contributed by atoms with Crippen LogP contribution < -0.4 is 0 Å². The van der Waals surface area contributed by atoms with Crippen molar-refractivity contribution < 1.29 is 4.84 Å². The van der Waals surface area contributed by atoms with Gasteiger partial charge in [0.1, 0.15) is 6.26 Å². The predicted octanol–water partition coefficient (Wildman–Crippen LogP) is -0.112. The van der Waals surface area contributed by atoms with Gasteiger partial charge in [0.2, 0.25) is 0 Å². The van der Waals surface area contributed by atoms with Gasteiger partial charge in [-0.15, -0.1) is 0 Å². The molecule has 3 heteroatoms. The molecule has 0 atom stereocenters. The highest BCUT2D eigenvalue weighted by molar-refractivity contribution is 5.75. The van der Waals surface area contributed by atoms with Gasteiger partial charge in [-0.25, -0.2) is 0 Å². The molecule has 0 saturated heterocycles. The smallest absolute Gasteiger partial charge is 0.122 e. The highest BCUT2D eigenvalue weighted by Crippen LogP contribution is 1.83. The average molecular weight is 109 g/mol. The van der Waals surface area contributed by atoms with E-state index in [9.17, 15) is 0 Å². The Morgan fingerprint density at radius 2 is 2.00 bits per heavy atom. The van der Waals surface area contributed by atoms with Gasteiger partial charge >= 0.3 is 0 Å². The standard InChI is InChI=1S/C5H5NO.BH3/c1-2-4-6-7-5-3-1;/h1-5H;1H3. The molecule has 0 aromatic carbocycles. The Hall–Kier alpha value is -0.985. The van der Waals surface area contributed by atoms with E-state index in [0.29, 0.717) is 0 Å². The molecule has 0 aliphatic carbocycles. The van der Waals surface area contributed by atoms with Gasteiger partial charge in [0.05, 0.1) is 14.6 Å². The van der Waals surface area contributed by atoms with Crippen LogP contribution in [-0.2, 0) is 4.84 Å². The first-order valence-electron chi connectivity index (χ1n) is 2.01. The molecule has 0 saturated carbocycles. The lowest BCUT2D eigenvalue weighted by atomic mass is 10.5. The summed E-state index contributed by atoms with van der Waals surface area (Å²) in [6.45, 7) is 0. The van der Waals surface area contributed by atoms with Crippen molar-refractivity contribution >= 4 is 14.6 Å². The predicted molar refractivity (Wildman–Crippen MR) is 37.8 cm³/mol. The quantitative estimate of drug-likeness (QED) is 0.397. The summed E-state index contributed by atoms with van der Waals surface area (Å²) in [5.41, 5.74) is 0. The third-order valence-corrected chi connectivity index (χ3v) is 0.569. The fraction of sp³-hybridized carbons (Fsp3) is 0. The molecule has 1 aliphatic rings. The summed E-state index contributed by atoms with van der Waals surface area (Å²) < 4.78 is 0. The summed E-state index contributed by atoms with van der Waals surface area (Å²) in [6, 6.07) is 0. The molecule has 0 spiro atoms. The normalized spacial score (nSPS) is 14.0. The van der Waals surface area contributed by atoms with E-state index in [2.05, 4.69) is 9.99 Å². The first-order chi connectivity index (χ1) is 3.50. The van der Waals surface area contributed by atoms with Crippen molar-refractivity contribution in [3.63, 3.8) is 0 Å². The number of hydrogen-bond donors (Lipinski definition) is 0. The van der Waals surface area contributed by atoms with Crippen LogP contribution in [0.1, 0.15) is 0 Å². The van der Waals surface area contributed by atoms with Crippen molar-refractivity contribution in [1.29, 1.82) is 0 Å². The van der Waals surface area contributed by atoms with E-state index in [-0.39, 0.29) is 8.41 Å². The van der Waals surface area contributed by atoms with Gasteiger partial charge in [0, 0.05) is 0 Å². The second-order valence-corrected chi connectivity index (χ2v) is 1.07. The third-order valence-electron chi connectivity index (χ3n) is 0.569. The Morgan fingerprint density at radius 3 is 2.88 bits per heavy atom. The minimum absolute atomic E-state index is 0. The monoisotopic (exact) mass is 109 g/mol. The van der Waals surface area contributed by atoms with Gasteiger partial charge in [0.25, 0.3) is 0 Å². The molecule has 0 aromatic rings. The molecule has 1 rings (SSSR count). The van der Waals surface area contributed by atoms with E-state index in [0.717, 1.165) is 0 Å². The summed E-state index contributed by atoms with van der Waals surface area (Å²) in [7, 11) is 0. The largest absolute Gasteiger partial charge is 0.365 e. The Kier molecular flexibility index (Phi) is 3.67. The zero-order chi connectivity index (χ0) is 4.95. The first kappa shape index (κ1) is 7.01. The van der Waals surface area contributed by atoms with Crippen LogP contribution in [0.3, 0.4) is 0 Å². The molecule has 0 bridgehead atoms. The highest BCUT2D eigenvalue weighted by Gasteiger charge is 1.70. The lowest BCUT2D eigenvalue weighted by molar-refractivity contribution is 0.271. The van der Waals surface area contributed by atoms with Gasteiger partial charge in [-0.3, -0.25) is 0 Å². The fourth-order valence-electron chi connectivity index (χ4n) is 0.300. The maximum absolute atomic E-state index is 4.52. The highest BCUT2D eigenvalue weighted by atomic mass is 16.6. The van der Waals surface area contributed by atoms with Gasteiger partial charge in [-0.05, 0) is 12.2 Å². The van der Waals surface area contributed by atoms with Gasteiger partial charge in [-0.1, -0.05) is 11.2 Å². The maximum Gasteiger partial charge on any atom is 0.122 e. The summed E-state index contributed by atoms with van der Waals surface area (Å²) in [6.07, 6.45) is 8.51. The molecular weight excluding hydrogens is 101 g/mol. The van der Waals surface area contributed by atoms with Crippen LogP contribution >= 0.6 is 0 Å². The SMILES string of the molecule is B.C1=CC=NOC=C1. The van der Waals surface area contributed by atoms with Crippen molar-refractivity contribution in [3.8, 4) is 0 Å². The fourth-order valence-corrected chi connectivity index (χ4v) is 0.300. The molecule has 42 valence electrons. The molecule has 0 fully saturated rings. The van der Waals surface area contributed by atoms with Crippen molar-refractivity contribution in [2.24, 2.45) is 5.16 Å². The van der Waals surface area contributed by atoms with Crippen molar-refractivity contribution in [2.45, 2.75) is 0 Å². The second kappa shape index (κ2) is 4.18. The Morgan fingerprint density at radius 1 is 1.12 bits per heavy atom. The third kappa shape index (κ3) is 2.23. The molecule has 0 unspecified atom stereocenters. The summed E-state index contributed by atoms with van der Waals surface area (Å²) >= 11 is 0. The van der Waals surface area contributed by atoms with Crippen LogP contribution in [0.4, 0.5) is 0 Å². The molecular formula is C5H8BNO. The van der Waals surface area contributed by atoms with E-state index in [4.69, 9.17) is 0 Å². The zero-order valence-corrected chi connectivity index (χ0v) is 3.74. The molecule has 8 heavy (non-hydrogen) atoms. The average Bonchev–Trinajstić information content (AvgIpc) is 1.90. The number of nitrogens with zero attached hydrogens (tertiary/aromatic N) is 1. The van der Waals surface area contributed by atoms with Crippen LogP contribution in [0.15, 0.2) is 29.6 Å². The molecule has 0 N–H and O–H groups in total. The van der Waals surface area contributed by atoms with E-state index in [1.54, 1.807) is 18.4 Å². The molecule has 1 heterocycles. The molecule has 0 amide bonds. The Labute approximate surface area is 50.1 Å². The van der Waals surface area contributed by atoms with Crippen LogP contribution in [0.25, 0.3) is 0 Å². The minimum atomic E-state index is 0. The van der Waals surface area contributed by atoms with Crippen LogP contribution in [0, 0.1) is 0 Å². The zero-order valence-electron chi connectivity index (χ0n) is 3.74. The number of rotatable bonds is 0. The van der Waals surface area contributed by atoms with E-state index < -0.39 is 0 Å². The van der Waals surface area contributed by atoms with E-state index >= 15 is 0 Å². The maximum atomic E-state index is 4.52. The molecule has 2 nitrogen and oxygen atoms in total. The van der Waals surface area contributed by atoms with Crippen LogP contribution in [0.5, 0.6) is 0 Å². The van der Waals surface area contributed by atoms with Crippen molar-refractivity contribution in [1.82, 2.24) is 0 Å². The van der Waals surface area contributed by atoms with Gasteiger partial charge in [-0.2, -0.15) is 0 Å². The topological polar surface area (TPSA) is 21.6 Å². The summed E-state index contributed by atoms with van der Waals surface area (Å²) in [5.74, 6) is 0. The lowest BCUT2D eigenvalue weighted by Gasteiger charge is -1.77. The Balaban J connectivity index is 0.000000490. The van der Waals surface area contributed by atoms with E-state index in [1.807, 2.05) is 6.08 Å². The van der Waals surface area contributed by atoms with E-state index in [1.165, 1.54) is 6.26 Å². The molecule has 0 aromatic heterocycles. The van der Waals surface area contributed by atoms with Gasteiger partial charge in [0.15, 0.2) is 0 Å². The van der Waals surface area contributed by atoms with Crippen LogP contribution in [0.2, 0.25) is 0 Å². The Bertz CT molecular complexity index is 114. The number of allylic oxidation sites excluding steroid dienone is 3. The van der Waals surface area contributed by atoms with Crippen molar-refractivity contribution in [3.05, 3.63) is 24.5 Å². The number of hydrogen-bond acceptors (Lipinski definition) is 2. The molecule has 0 radical (unpaired) electrons. The summed E-state index contributed by atoms with van der Waals surface area (Å²) in [4.78, 5) is 4.52. The first-order valence-corrected chi connectivity index (χ1v) is 2.01.